The van der Waals surface area contributed by atoms with Crippen molar-refractivity contribution in [2.24, 2.45) is 4.99 Å². The van der Waals surface area contributed by atoms with Gasteiger partial charge in [-0.25, -0.2) is 0 Å². The average molecular weight is 464 g/mol. The molecule has 1 aromatic carbocycles. The van der Waals surface area contributed by atoms with E-state index in [4.69, 9.17) is 9.47 Å². The Kier molecular flexibility index (Phi) is 13.5. The predicted octanol–water partition coefficient (Wildman–Crippen LogP) is 1.91. The predicted molar refractivity (Wildman–Crippen MR) is 116 cm³/mol. The highest BCUT2D eigenvalue weighted by Gasteiger charge is 2.02. The molecular formula is C18H33IN4O2. The van der Waals surface area contributed by atoms with E-state index < -0.39 is 0 Å². The molecule has 0 saturated heterocycles. The minimum atomic E-state index is 0. The summed E-state index contributed by atoms with van der Waals surface area (Å²) in [6, 6.07) is 6.33. The largest absolute Gasteiger partial charge is 0.496 e. The summed E-state index contributed by atoms with van der Waals surface area (Å²) in [5, 5.41) is 6.67. The van der Waals surface area contributed by atoms with E-state index in [0.29, 0.717) is 0 Å². The zero-order chi connectivity index (χ0) is 17.8. The molecule has 0 amide bonds. The van der Waals surface area contributed by atoms with Crippen LogP contribution in [0.2, 0.25) is 0 Å². The number of likely N-dealkylation sites (N-methyl/N-ethyl adjacent to an activating group) is 1. The Labute approximate surface area is 169 Å². The van der Waals surface area contributed by atoms with Crippen LogP contribution in [0.1, 0.15) is 11.1 Å². The molecule has 0 fully saturated rings. The van der Waals surface area contributed by atoms with E-state index >= 15 is 0 Å². The van der Waals surface area contributed by atoms with Gasteiger partial charge >= 0.3 is 0 Å². The molecule has 0 unspecified atom stereocenters. The second-order valence-corrected chi connectivity index (χ2v) is 5.78. The highest BCUT2D eigenvalue weighted by Crippen LogP contribution is 2.18. The topological polar surface area (TPSA) is 58.1 Å². The number of aliphatic imine (C=N–C) groups is 1. The van der Waals surface area contributed by atoms with Crippen molar-refractivity contribution >= 4 is 29.9 Å². The van der Waals surface area contributed by atoms with Gasteiger partial charge in [0.2, 0.25) is 0 Å². The lowest BCUT2D eigenvalue weighted by atomic mass is 10.1. The third kappa shape index (κ3) is 9.86. The first-order valence-electron chi connectivity index (χ1n) is 8.36. The maximum absolute atomic E-state index is 5.37. The van der Waals surface area contributed by atoms with E-state index in [2.05, 4.69) is 52.7 Å². The lowest BCUT2D eigenvalue weighted by Gasteiger charge is -2.18. The molecule has 0 heterocycles. The number of hydrogen-bond acceptors (Lipinski definition) is 4. The van der Waals surface area contributed by atoms with Crippen LogP contribution in [0.25, 0.3) is 0 Å². The van der Waals surface area contributed by atoms with Gasteiger partial charge in [-0.1, -0.05) is 12.1 Å². The van der Waals surface area contributed by atoms with Crippen LogP contribution in [-0.4, -0.2) is 72.0 Å². The molecule has 0 atom stereocenters. The number of methoxy groups -OCH3 is 2. The summed E-state index contributed by atoms with van der Waals surface area (Å²) < 4.78 is 10.4. The molecule has 25 heavy (non-hydrogen) atoms. The molecule has 7 heteroatoms. The molecule has 0 aliphatic rings. The van der Waals surface area contributed by atoms with Crippen LogP contribution < -0.4 is 15.4 Å². The molecule has 0 saturated carbocycles. The van der Waals surface area contributed by atoms with Crippen LogP contribution in [0.15, 0.2) is 23.2 Å². The van der Waals surface area contributed by atoms with Crippen LogP contribution in [0, 0.1) is 6.92 Å². The first kappa shape index (κ1) is 23.9. The molecule has 0 aromatic heterocycles. The number of nitrogens with zero attached hydrogens (tertiary/aromatic N) is 2. The summed E-state index contributed by atoms with van der Waals surface area (Å²) >= 11 is 0. The lowest BCUT2D eigenvalue weighted by Crippen LogP contribution is -2.42. The molecule has 1 aromatic rings. The van der Waals surface area contributed by atoms with E-state index in [1.807, 2.05) is 0 Å². The van der Waals surface area contributed by atoms with Gasteiger partial charge in [0.1, 0.15) is 5.75 Å². The van der Waals surface area contributed by atoms with Crippen molar-refractivity contribution in [1.29, 1.82) is 0 Å². The highest BCUT2D eigenvalue weighted by molar-refractivity contribution is 14.0. The molecule has 6 nitrogen and oxygen atoms in total. The molecule has 0 spiro atoms. The molecule has 0 aliphatic carbocycles. The van der Waals surface area contributed by atoms with Crippen LogP contribution in [0.4, 0.5) is 0 Å². The zero-order valence-corrected chi connectivity index (χ0v) is 18.4. The van der Waals surface area contributed by atoms with Crippen molar-refractivity contribution in [1.82, 2.24) is 15.5 Å². The molecule has 144 valence electrons. The summed E-state index contributed by atoms with van der Waals surface area (Å²) in [7, 11) is 7.31. The Morgan fingerprint density at radius 1 is 1.16 bits per heavy atom. The summed E-state index contributed by atoms with van der Waals surface area (Å²) in [4.78, 5) is 6.48. The van der Waals surface area contributed by atoms with Gasteiger partial charge in [0.25, 0.3) is 0 Å². The van der Waals surface area contributed by atoms with Crippen molar-refractivity contribution in [3.63, 3.8) is 0 Å². The summed E-state index contributed by atoms with van der Waals surface area (Å²) in [5.74, 6) is 1.77. The number of guanidine groups is 1. The third-order valence-electron chi connectivity index (χ3n) is 3.87. The molecule has 0 bridgehead atoms. The second kappa shape index (κ2) is 14.1. The zero-order valence-electron chi connectivity index (χ0n) is 16.1. The van der Waals surface area contributed by atoms with E-state index in [1.54, 1.807) is 21.3 Å². The maximum Gasteiger partial charge on any atom is 0.191 e. The van der Waals surface area contributed by atoms with Crippen LogP contribution in [0.5, 0.6) is 5.75 Å². The molecule has 1 rings (SSSR count). The normalized spacial score (nSPS) is 11.2. The molecule has 0 radical (unpaired) electrons. The van der Waals surface area contributed by atoms with Crippen molar-refractivity contribution in [2.45, 2.75) is 13.3 Å². The molecule has 2 N–H and O–H groups in total. The Hall–Kier alpha value is -1.06. The van der Waals surface area contributed by atoms with Gasteiger partial charge in [-0.15, -0.1) is 24.0 Å². The standard InChI is InChI=1S/C18H32N4O2.HI/c1-15-6-7-16(14-17(15)24-5)8-9-20-18(19-2)21-10-11-22(3)12-13-23-4;/h6-7,14H,8-13H2,1-5H3,(H2,19,20,21);1H. The summed E-state index contributed by atoms with van der Waals surface area (Å²) in [6.07, 6.45) is 0.922. The first-order chi connectivity index (χ1) is 11.6. The third-order valence-corrected chi connectivity index (χ3v) is 3.87. The van der Waals surface area contributed by atoms with Gasteiger partial charge in [-0.2, -0.15) is 0 Å². The first-order valence-corrected chi connectivity index (χ1v) is 8.36. The smallest absolute Gasteiger partial charge is 0.191 e. The van der Waals surface area contributed by atoms with Crippen LogP contribution in [-0.2, 0) is 11.2 Å². The summed E-state index contributed by atoms with van der Waals surface area (Å²) in [6.45, 7) is 6.35. The van der Waals surface area contributed by atoms with Crippen molar-refractivity contribution in [3.05, 3.63) is 29.3 Å². The van der Waals surface area contributed by atoms with Gasteiger partial charge < -0.3 is 25.0 Å². The van der Waals surface area contributed by atoms with Crippen molar-refractivity contribution in [3.8, 4) is 5.75 Å². The van der Waals surface area contributed by atoms with Crippen molar-refractivity contribution in [2.75, 3.05) is 61.1 Å². The fraction of sp³-hybridized carbons (Fsp3) is 0.611. The minimum Gasteiger partial charge on any atom is -0.496 e. The number of nitrogens with one attached hydrogen (secondary N) is 2. The van der Waals surface area contributed by atoms with Crippen LogP contribution >= 0.6 is 24.0 Å². The van der Waals surface area contributed by atoms with Crippen LogP contribution in [0.3, 0.4) is 0 Å². The number of aryl methyl sites for hydroxylation is 1. The molecule has 0 aliphatic heterocycles. The summed E-state index contributed by atoms with van der Waals surface area (Å²) in [5.41, 5.74) is 2.41. The lowest BCUT2D eigenvalue weighted by molar-refractivity contribution is 0.162. The number of ether oxygens (including phenoxy) is 2. The SMILES string of the molecule is CN=C(NCCc1ccc(C)c(OC)c1)NCCN(C)CCOC.I. The Morgan fingerprint density at radius 2 is 1.88 bits per heavy atom. The van der Waals surface area contributed by atoms with Gasteiger partial charge in [-0.3, -0.25) is 4.99 Å². The van der Waals surface area contributed by atoms with E-state index in [9.17, 15) is 0 Å². The second-order valence-electron chi connectivity index (χ2n) is 5.78. The van der Waals surface area contributed by atoms with Gasteiger partial charge in [-0.05, 0) is 37.6 Å². The maximum atomic E-state index is 5.37. The average Bonchev–Trinajstić information content (AvgIpc) is 2.59. The number of halogens is 1. The van der Waals surface area contributed by atoms with E-state index in [-0.39, 0.29) is 24.0 Å². The van der Waals surface area contributed by atoms with Crippen molar-refractivity contribution < 1.29 is 9.47 Å². The Bertz CT molecular complexity index is 512. The Balaban J connectivity index is 0.00000576. The number of rotatable bonds is 10. The van der Waals surface area contributed by atoms with Gasteiger partial charge in [0.15, 0.2) is 5.96 Å². The van der Waals surface area contributed by atoms with Gasteiger partial charge in [0.05, 0.1) is 13.7 Å². The number of benzene rings is 1. The number of hydrogen-bond donors (Lipinski definition) is 2. The van der Waals surface area contributed by atoms with E-state index in [0.717, 1.165) is 56.5 Å². The monoisotopic (exact) mass is 464 g/mol. The van der Waals surface area contributed by atoms with E-state index in [1.165, 1.54) is 5.56 Å². The Morgan fingerprint density at radius 3 is 2.52 bits per heavy atom. The van der Waals surface area contributed by atoms with Gasteiger partial charge in [0, 0.05) is 40.3 Å². The minimum absolute atomic E-state index is 0. The fourth-order valence-corrected chi connectivity index (χ4v) is 2.29. The highest BCUT2D eigenvalue weighted by atomic mass is 127. The fourth-order valence-electron chi connectivity index (χ4n) is 2.29. The quantitative estimate of drug-likeness (QED) is 0.315. The molecular weight excluding hydrogens is 431 g/mol.